The van der Waals surface area contributed by atoms with Crippen LogP contribution in [0.5, 0.6) is 0 Å². The van der Waals surface area contributed by atoms with Gasteiger partial charge in [-0.05, 0) is 48.6 Å². The summed E-state index contributed by atoms with van der Waals surface area (Å²) in [7, 11) is 0. The van der Waals surface area contributed by atoms with E-state index in [9.17, 15) is 18.0 Å². The molecule has 0 aromatic carbocycles. The number of amides is 1. The molecule has 8 heteroatoms. The fourth-order valence-corrected chi connectivity index (χ4v) is 3.26. The van der Waals surface area contributed by atoms with Gasteiger partial charge in [0.25, 0.3) is 0 Å². The van der Waals surface area contributed by atoms with E-state index in [4.69, 9.17) is 0 Å². The van der Waals surface area contributed by atoms with Crippen LogP contribution in [0.4, 0.5) is 19.0 Å². The van der Waals surface area contributed by atoms with Crippen LogP contribution in [0.15, 0.2) is 30.5 Å². The zero-order valence-electron chi connectivity index (χ0n) is 17.7. The molecule has 3 aromatic heterocycles. The first kappa shape index (κ1) is 21.8. The molecule has 0 saturated carbocycles. The number of carbonyl (C=O) groups excluding carboxylic acids is 1. The van der Waals surface area contributed by atoms with Gasteiger partial charge in [-0.1, -0.05) is 26.8 Å². The van der Waals surface area contributed by atoms with Crippen LogP contribution in [0.3, 0.4) is 0 Å². The number of carbonyl (C=O) groups is 1. The number of aromatic nitrogens is 3. The molecule has 0 saturated heterocycles. The fraction of sp³-hybridized carbons (Fsp3) is 0.409. The molecule has 3 heterocycles. The Morgan fingerprint density at radius 1 is 1.13 bits per heavy atom. The van der Waals surface area contributed by atoms with Gasteiger partial charge < -0.3 is 9.88 Å². The first-order valence-corrected chi connectivity index (χ1v) is 9.63. The molecule has 5 nitrogen and oxygen atoms in total. The molecule has 1 amide bonds. The summed E-state index contributed by atoms with van der Waals surface area (Å²) >= 11 is 0. The summed E-state index contributed by atoms with van der Waals surface area (Å²) in [4.78, 5) is 20.4. The SMILES string of the molecule is Cc1cc2c(cc(C)n2Cc2ccc(C(F)(F)F)nc2)nc1NC(=O)CC(C)(C)C. The predicted octanol–water partition coefficient (Wildman–Crippen LogP) is 5.49. The van der Waals surface area contributed by atoms with E-state index in [0.29, 0.717) is 29.9 Å². The molecular formula is C22H25F3N4O. The Balaban J connectivity index is 1.88. The highest BCUT2D eigenvalue weighted by molar-refractivity contribution is 5.92. The third-order valence-electron chi connectivity index (χ3n) is 4.69. The second-order valence-corrected chi connectivity index (χ2v) is 8.77. The van der Waals surface area contributed by atoms with E-state index in [-0.39, 0.29) is 11.3 Å². The smallest absolute Gasteiger partial charge is 0.339 e. The van der Waals surface area contributed by atoms with Crippen LogP contribution in [-0.2, 0) is 17.5 Å². The summed E-state index contributed by atoms with van der Waals surface area (Å²) in [6, 6.07) is 6.25. The summed E-state index contributed by atoms with van der Waals surface area (Å²) in [5.74, 6) is 0.425. The molecule has 30 heavy (non-hydrogen) atoms. The number of fused-ring (bicyclic) bond motifs is 1. The number of rotatable bonds is 4. The van der Waals surface area contributed by atoms with E-state index < -0.39 is 11.9 Å². The Kier molecular flexibility index (Phi) is 5.62. The number of pyridine rings is 2. The summed E-state index contributed by atoms with van der Waals surface area (Å²) in [5.41, 5.74) is 2.90. The van der Waals surface area contributed by atoms with Gasteiger partial charge in [-0.2, -0.15) is 13.2 Å². The van der Waals surface area contributed by atoms with Gasteiger partial charge in [0.05, 0.1) is 11.0 Å². The lowest BCUT2D eigenvalue weighted by Crippen LogP contribution is -2.20. The predicted molar refractivity (Wildman–Crippen MR) is 110 cm³/mol. The normalized spacial score (nSPS) is 12.4. The van der Waals surface area contributed by atoms with E-state index in [1.165, 1.54) is 12.3 Å². The Hall–Kier alpha value is -2.90. The van der Waals surface area contributed by atoms with Gasteiger partial charge in [0.1, 0.15) is 11.5 Å². The Morgan fingerprint density at radius 2 is 1.83 bits per heavy atom. The lowest BCUT2D eigenvalue weighted by Gasteiger charge is -2.17. The summed E-state index contributed by atoms with van der Waals surface area (Å²) in [6.45, 7) is 10.1. The molecule has 0 bridgehead atoms. The number of aryl methyl sites for hydroxylation is 2. The molecule has 0 atom stereocenters. The van der Waals surface area contributed by atoms with Gasteiger partial charge in [-0.3, -0.25) is 9.78 Å². The van der Waals surface area contributed by atoms with E-state index in [0.717, 1.165) is 22.8 Å². The maximum Gasteiger partial charge on any atom is 0.433 e. The van der Waals surface area contributed by atoms with E-state index in [1.807, 2.05) is 51.3 Å². The number of anilines is 1. The van der Waals surface area contributed by atoms with Crippen LogP contribution in [0, 0.1) is 19.3 Å². The van der Waals surface area contributed by atoms with Crippen molar-refractivity contribution in [2.45, 2.75) is 53.8 Å². The maximum absolute atomic E-state index is 12.7. The minimum absolute atomic E-state index is 0.0931. The van der Waals surface area contributed by atoms with Crippen molar-refractivity contribution in [3.8, 4) is 0 Å². The van der Waals surface area contributed by atoms with Crippen molar-refractivity contribution in [3.63, 3.8) is 0 Å². The standard InChI is InChI=1S/C22H25F3N4O/c1-13-8-17-16(27-20(13)28-19(30)10-21(3,4)5)9-14(2)29(17)12-15-6-7-18(26-11-15)22(23,24)25/h6-9,11H,10,12H2,1-5H3,(H,27,28,30). The number of nitrogens with zero attached hydrogens (tertiary/aromatic N) is 3. The van der Waals surface area contributed by atoms with Gasteiger partial charge >= 0.3 is 6.18 Å². The molecule has 0 unspecified atom stereocenters. The van der Waals surface area contributed by atoms with Crippen LogP contribution < -0.4 is 5.32 Å². The van der Waals surface area contributed by atoms with E-state index in [2.05, 4.69) is 15.3 Å². The van der Waals surface area contributed by atoms with Crippen LogP contribution >= 0.6 is 0 Å². The molecule has 0 aliphatic rings. The summed E-state index contributed by atoms with van der Waals surface area (Å²) in [5, 5.41) is 2.88. The van der Waals surface area contributed by atoms with Gasteiger partial charge in [0, 0.05) is 24.9 Å². The molecule has 0 radical (unpaired) electrons. The molecule has 0 fully saturated rings. The zero-order chi connectivity index (χ0) is 22.3. The zero-order valence-corrected chi connectivity index (χ0v) is 17.7. The maximum atomic E-state index is 12.7. The van der Waals surface area contributed by atoms with Crippen LogP contribution in [0.1, 0.15) is 49.7 Å². The van der Waals surface area contributed by atoms with Crippen molar-refractivity contribution in [2.75, 3.05) is 5.32 Å². The quantitative estimate of drug-likeness (QED) is 0.609. The number of hydrogen-bond donors (Lipinski definition) is 1. The van der Waals surface area contributed by atoms with E-state index >= 15 is 0 Å². The molecular weight excluding hydrogens is 393 g/mol. The average Bonchev–Trinajstić information content (AvgIpc) is 2.88. The molecule has 3 rings (SSSR count). The molecule has 0 aliphatic heterocycles. The van der Waals surface area contributed by atoms with E-state index in [1.54, 1.807) is 0 Å². The summed E-state index contributed by atoms with van der Waals surface area (Å²) in [6.07, 6.45) is -2.83. The third kappa shape index (κ3) is 4.98. The number of alkyl halides is 3. The number of nitrogens with one attached hydrogen (secondary N) is 1. The Labute approximate surface area is 173 Å². The average molecular weight is 418 g/mol. The lowest BCUT2D eigenvalue weighted by molar-refractivity contribution is -0.141. The molecule has 1 N–H and O–H groups in total. The largest absolute Gasteiger partial charge is 0.433 e. The highest BCUT2D eigenvalue weighted by atomic mass is 19.4. The first-order chi connectivity index (χ1) is 13.8. The molecule has 0 spiro atoms. The van der Waals surface area contributed by atoms with Crippen molar-refractivity contribution in [1.82, 2.24) is 14.5 Å². The van der Waals surface area contributed by atoms with Gasteiger partial charge in [0.15, 0.2) is 0 Å². The van der Waals surface area contributed by atoms with Crippen molar-refractivity contribution in [1.29, 1.82) is 0 Å². The van der Waals surface area contributed by atoms with Crippen molar-refractivity contribution in [3.05, 3.63) is 53.0 Å². The Morgan fingerprint density at radius 3 is 2.40 bits per heavy atom. The van der Waals surface area contributed by atoms with Gasteiger partial charge in [0.2, 0.25) is 5.91 Å². The van der Waals surface area contributed by atoms with Gasteiger partial charge in [-0.15, -0.1) is 0 Å². The molecule has 3 aromatic rings. The second-order valence-electron chi connectivity index (χ2n) is 8.77. The van der Waals surface area contributed by atoms with Crippen molar-refractivity contribution >= 4 is 22.8 Å². The summed E-state index contributed by atoms with van der Waals surface area (Å²) < 4.78 is 40.2. The minimum Gasteiger partial charge on any atom is -0.339 e. The van der Waals surface area contributed by atoms with Crippen molar-refractivity contribution in [2.24, 2.45) is 5.41 Å². The monoisotopic (exact) mass is 418 g/mol. The number of halogens is 3. The van der Waals surface area contributed by atoms with Crippen LogP contribution in [0.2, 0.25) is 0 Å². The highest BCUT2D eigenvalue weighted by Gasteiger charge is 2.32. The molecule has 0 aliphatic carbocycles. The topological polar surface area (TPSA) is 59.8 Å². The minimum atomic E-state index is -4.45. The van der Waals surface area contributed by atoms with Gasteiger partial charge in [-0.25, -0.2) is 4.98 Å². The molecule has 160 valence electrons. The first-order valence-electron chi connectivity index (χ1n) is 9.63. The number of hydrogen-bond acceptors (Lipinski definition) is 3. The fourth-order valence-electron chi connectivity index (χ4n) is 3.26. The third-order valence-corrected chi connectivity index (χ3v) is 4.69. The van der Waals surface area contributed by atoms with Crippen LogP contribution in [-0.4, -0.2) is 20.4 Å². The van der Waals surface area contributed by atoms with Crippen LogP contribution in [0.25, 0.3) is 11.0 Å². The Bertz CT molecular complexity index is 1080. The van der Waals surface area contributed by atoms with Crippen molar-refractivity contribution < 1.29 is 18.0 Å². The second kappa shape index (κ2) is 7.74. The highest BCUT2D eigenvalue weighted by Crippen LogP contribution is 2.28. The lowest BCUT2D eigenvalue weighted by atomic mass is 9.92.